The van der Waals surface area contributed by atoms with Crippen LogP contribution in [-0.2, 0) is 25.5 Å². The summed E-state index contributed by atoms with van der Waals surface area (Å²) >= 11 is 3.93. The molecule has 1 saturated carbocycles. The highest BCUT2D eigenvalue weighted by Crippen LogP contribution is 2.42. The molecule has 0 saturated heterocycles. The Balaban J connectivity index is 2.06. The SMILES string of the molecule is CO[C@@H]1C[C@H](S(=O)(=O)c2ccc(-c3cnn(S)c3)cc2C(F)(F)F)C[C@H]1C(=O)O. The average molecular weight is 450 g/mol. The molecular formula is C17H17F3N2O5S2. The molecule has 1 aromatic carbocycles. The molecule has 12 heteroatoms. The van der Waals surface area contributed by atoms with E-state index in [-0.39, 0.29) is 18.4 Å². The van der Waals surface area contributed by atoms with Crippen LogP contribution in [0.25, 0.3) is 11.1 Å². The third-order valence-corrected chi connectivity index (χ3v) is 7.46. The molecule has 1 aliphatic carbocycles. The molecule has 0 spiro atoms. The van der Waals surface area contributed by atoms with E-state index in [0.717, 1.165) is 16.2 Å². The number of nitrogens with zero attached hydrogens (tertiary/aromatic N) is 2. The zero-order chi connectivity index (χ0) is 21.6. The maximum absolute atomic E-state index is 13.7. The first kappa shape index (κ1) is 21.7. The van der Waals surface area contributed by atoms with Crippen molar-refractivity contribution >= 4 is 28.6 Å². The Kier molecular flexibility index (Phi) is 5.71. The molecule has 1 aliphatic rings. The van der Waals surface area contributed by atoms with Crippen molar-refractivity contribution < 1.29 is 36.2 Å². The van der Waals surface area contributed by atoms with E-state index in [1.807, 2.05) is 0 Å². The molecule has 1 N–H and O–H groups in total. The summed E-state index contributed by atoms with van der Waals surface area (Å²) in [5.74, 6) is -2.35. The van der Waals surface area contributed by atoms with Gasteiger partial charge in [-0.25, -0.2) is 12.5 Å². The van der Waals surface area contributed by atoms with Crippen molar-refractivity contribution in [1.29, 1.82) is 0 Å². The van der Waals surface area contributed by atoms with Crippen LogP contribution in [0.1, 0.15) is 18.4 Å². The fourth-order valence-electron chi connectivity index (χ4n) is 3.55. The van der Waals surface area contributed by atoms with Gasteiger partial charge < -0.3 is 9.84 Å². The van der Waals surface area contributed by atoms with E-state index < -0.39 is 49.7 Å². The second kappa shape index (κ2) is 7.65. The lowest BCUT2D eigenvalue weighted by atomic mass is 10.1. The second-order valence-electron chi connectivity index (χ2n) is 6.72. The fourth-order valence-corrected chi connectivity index (χ4v) is 5.73. The fraction of sp³-hybridized carbons (Fsp3) is 0.412. The zero-order valence-corrected chi connectivity index (χ0v) is 16.7. The van der Waals surface area contributed by atoms with Crippen LogP contribution in [0, 0.1) is 5.92 Å². The minimum Gasteiger partial charge on any atom is -0.481 e. The summed E-state index contributed by atoms with van der Waals surface area (Å²) in [6.07, 6.45) is -3.65. The first-order valence-electron chi connectivity index (χ1n) is 8.40. The van der Waals surface area contributed by atoms with Gasteiger partial charge in [0.05, 0.1) is 33.9 Å². The van der Waals surface area contributed by atoms with Crippen LogP contribution in [0.15, 0.2) is 35.5 Å². The number of aromatic nitrogens is 2. The molecule has 1 aromatic heterocycles. The highest BCUT2D eigenvalue weighted by molar-refractivity contribution is 7.92. The number of carboxylic acids is 1. The first-order valence-corrected chi connectivity index (χ1v) is 10.3. The molecular weight excluding hydrogens is 433 g/mol. The van der Waals surface area contributed by atoms with Gasteiger partial charge in [0.15, 0.2) is 9.84 Å². The lowest BCUT2D eigenvalue weighted by molar-refractivity contribution is -0.145. The third kappa shape index (κ3) is 4.14. The average Bonchev–Trinajstić information content (AvgIpc) is 3.27. The molecule has 2 aromatic rings. The highest BCUT2D eigenvalue weighted by Gasteiger charge is 2.47. The first-order chi connectivity index (χ1) is 13.4. The predicted molar refractivity (Wildman–Crippen MR) is 99.2 cm³/mol. The lowest BCUT2D eigenvalue weighted by Crippen LogP contribution is -2.24. The summed E-state index contributed by atoms with van der Waals surface area (Å²) < 4.78 is 73.3. The minimum atomic E-state index is -4.93. The van der Waals surface area contributed by atoms with Crippen molar-refractivity contribution in [2.75, 3.05) is 7.11 Å². The minimum absolute atomic E-state index is 0.126. The van der Waals surface area contributed by atoms with Crippen molar-refractivity contribution in [2.24, 2.45) is 5.92 Å². The molecule has 3 atom stereocenters. The summed E-state index contributed by atoms with van der Waals surface area (Å²) in [4.78, 5) is 10.5. The molecule has 158 valence electrons. The Morgan fingerprint density at radius 2 is 2.00 bits per heavy atom. The number of methoxy groups -OCH3 is 1. The Hall–Kier alpha value is -2.05. The van der Waals surface area contributed by atoms with Crippen LogP contribution >= 0.6 is 12.8 Å². The Labute approximate surface area is 169 Å². The normalized spacial score (nSPS) is 22.7. The number of benzene rings is 1. The van der Waals surface area contributed by atoms with Crippen molar-refractivity contribution in [2.45, 2.75) is 35.3 Å². The summed E-state index contributed by atoms with van der Waals surface area (Å²) in [7, 11) is -3.21. The van der Waals surface area contributed by atoms with Gasteiger partial charge in [-0.05, 0) is 43.4 Å². The number of alkyl halides is 3. The van der Waals surface area contributed by atoms with E-state index >= 15 is 0 Å². The summed E-state index contributed by atoms with van der Waals surface area (Å²) in [6, 6.07) is 2.90. The van der Waals surface area contributed by atoms with Crippen LogP contribution in [0.5, 0.6) is 0 Å². The number of carboxylic acid groups (broad SMARTS) is 1. The Bertz CT molecular complexity index is 1040. The predicted octanol–water partition coefficient (Wildman–Crippen LogP) is 2.91. The second-order valence-corrected chi connectivity index (χ2v) is 9.32. The molecule has 0 radical (unpaired) electrons. The van der Waals surface area contributed by atoms with E-state index in [9.17, 15) is 31.5 Å². The number of hydrogen-bond donors (Lipinski definition) is 2. The van der Waals surface area contributed by atoms with Gasteiger partial charge in [-0.3, -0.25) is 4.79 Å². The number of carbonyl (C=O) groups is 1. The smallest absolute Gasteiger partial charge is 0.417 e. The van der Waals surface area contributed by atoms with Crippen LogP contribution in [-0.4, -0.2) is 47.1 Å². The summed E-state index contributed by atoms with van der Waals surface area (Å²) in [6.45, 7) is 0. The van der Waals surface area contributed by atoms with Gasteiger partial charge in [-0.15, -0.1) is 0 Å². The van der Waals surface area contributed by atoms with Gasteiger partial charge in [0.1, 0.15) is 0 Å². The van der Waals surface area contributed by atoms with E-state index in [0.29, 0.717) is 5.56 Å². The number of thiol groups is 1. The number of rotatable bonds is 5. The zero-order valence-electron chi connectivity index (χ0n) is 15.0. The van der Waals surface area contributed by atoms with Crippen LogP contribution in [0.2, 0.25) is 0 Å². The summed E-state index contributed by atoms with van der Waals surface area (Å²) in [5.41, 5.74) is -0.850. The molecule has 1 heterocycles. The van der Waals surface area contributed by atoms with Crippen molar-refractivity contribution in [3.05, 3.63) is 36.2 Å². The quantitative estimate of drug-likeness (QED) is 0.680. The van der Waals surface area contributed by atoms with Gasteiger partial charge in [0.25, 0.3) is 0 Å². The molecule has 1 fully saturated rings. The molecule has 3 rings (SSSR count). The van der Waals surface area contributed by atoms with Gasteiger partial charge in [0.2, 0.25) is 0 Å². The van der Waals surface area contributed by atoms with Crippen molar-refractivity contribution in [1.82, 2.24) is 9.19 Å². The molecule has 29 heavy (non-hydrogen) atoms. The largest absolute Gasteiger partial charge is 0.481 e. The molecule has 0 bridgehead atoms. The topological polar surface area (TPSA) is 98.5 Å². The Morgan fingerprint density at radius 3 is 2.48 bits per heavy atom. The monoisotopic (exact) mass is 450 g/mol. The maximum Gasteiger partial charge on any atom is 0.417 e. The van der Waals surface area contributed by atoms with Crippen molar-refractivity contribution in [3.63, 3.8) is 0 Å². The number of hydrogen-bond acceptors (Lipinski definition) is 6. The highest BCUT2D eigenvalue weighted by atomic mass is 32.2. The number of ether oxygens (including phenoxy) is 1. The van der Waals surface area contributed by atoms with Gasteiger partial charge in [-0.1, -0.05) is 6.07 Å². The van der Waals surface area contributed by atoms with E-state index in [2.05, 4.69) is 17.9 Å². The summed E-state index contributed by atoms with van der Waals surface area (Å²) in [5, 5.41) is 11.7. The van der Waals surface area contributed by atoms with Gasteiger partial charge in [0, 0.05) is 18.9 Å². The van der Waals surface area contributed by atoms with E-state index in [1.54, 1.807) is 0 Å². The number of sulfone groups is 1. The molecule has 0 aliphatic heterocycles. The van der Waals surface area contributed by atoms with E-state index in [4.69, 9.17) is 4.74 Å². The number of halogens is 3. The van der Waals surface area contributed by atoms with Crippen LogP contribution in [0.4, 0.5) is 13.2 Å². The standard InChI is InChI=1S/C17H17F3N2O5S2/c1-27-14-6-11(5-12(14)16(23)24)29(25,26)15-3-2-9(4-13(15)17(18,19)20)10-7-21-22(28)8-10/h2-4,7-8,11-12,14,28H,5-6H2,1H3,(H,23,24)/t11-,12-,14-/m1/s1. The molecule has 0 amide bonds. The van der Waals surface area contributed by atoms with Crippen LogP contribution in [0.3, 0.4) is 0 Å². The maximum atomic E-state index is 13.7. The van der Waals surface area contributed by atoms with E-state index in [1.165, 1.54) is 25.6 Å². The van der Waals surface area contributed by atoms with Gasteiger partial charge in [-0.2, -0.15) is 18.3 Å². The lowest BCUT2D eigenvalue weighted by Gasteiger charge is -2.18. The number of aliphatic carboxylic acids is 1. The third-order valence-electron chi connectivity index (χ3n) is 5.01. The molecule has 7 nitrogen and oxygen atoms in total. The van der Waals surface area contributed by atoms with Crippen molar-refractivity contribution in [3.8, 4) is 11.1 Å². The molecule has 0 unspecified atom stereocenters. The Morgan fingerprint density at radius 1 is 1.31 bits per heavy atom. The van der Waals surface area contributed by atoms with Crippen LogP contribution < -0.4 is 0 Å². The van der Waals surface area contributed by atoms with Gasteiger partial charge >= 0.3 is 12.1 Å².